The molecule has 1 aromatic rings. The minimum absolute atomic E-state index is 0.0782. The van der Waals surface area contributed by atoms with Crippen LogP contribution < -0.4 is 10.9 Å². The van der Waals surface area contributed by atoms with Crippen LogP contribution in [0.1, 0.15) is 37.0 Å². The van der Waals surface area contributed by atoms with E-state index in [1.807, 2.05) is 13.8 Å². The third-order valence-corrected chi connectivity index (χ3v) is 3.51. The van der Waals surface area contributed by atoms with Gasteiger partial charge in [0.1, 0.15) is 5.56 Å². The molecule has 0 bridgehead atoms. The van der Waals surface area contributed by atoms with Crippen molar-refractivity contribution in [3.05, 3.63) is 34.2 Å². The molecule has 1 saturated heterocycles. The van der Waals surface area contributed by atoms with Crippen molar-refractivity contribution in [1.29, 1.82) is 0 Å². The van der Waals surface area contributed by atoms with Crippen molar-refractivity contribution in [1.82, 2.24) is 15.2 Å². The van der Waals surface area contributed by atoms with Gasteiger partial charge in [-0.25, -0.2) is 0 Å². The molecule has 5 heteroatoms. The van der Waals surface area contributed by atoms with E-state index in [9.17, 15) is 9.59 Å². The highest BCUT2D eigenvalue weighted by molar-refractivity contribution is 5.94. The number of rotatable bonds is 4. The van der Waals surface area contributed by atoms with E-state index in [2.05, 4.69) is 10.3 Å². The molecule has 1 amide bonds. The molecule has 0 aliphatic carbocycles. The van der Waals surface area contributed by atoms with Crippen molar-refractivity contribution >= 4 is 5.91 Å². The van der Waals surface area contributed by atoms with Gasteiger partial charge in [0.15, 0.2) is 0 Å². The third kappa shape index (κ3) is 3.23. The molecule has 2 N–H and O–H groups in total. The Morgan fingerprint density at radius 1 is 1.53 bits per heavy atom. The number of hydrogen-bond donors (Lipinski definition) is 2. The number of aromatic nitrogens is 1. The molecule has 1 atom stereocenters. The molecule has 1 aliphatic rings. The Morgan fingerprint density at radius 2 is 2.32 bits per heavy atom. The number of hydrogen-bond acceptors (Lipinski definition) is 3. The fourth-order valence-electron chi connectivity index (χ4n) is 2.42. The molecule has 104 valence electrons. The van der Waals surface area contributed by atoms with Gasteiger partial charge in [0.25, 0.3) is 11.5 Å². The molecule has 1 unspecified atom stereocenters. The van der Waals surface area contributed by atoms with Gasteiger partial charge in [-0.15, -0.1) is 0 Å². The SMILES string of the molecule is CC(C)N(CC1CCCN1)C(=O)c1ccc[nH]c1=O. The van der Waals surface area contributed by atoms with Crippen molar-refractivity contribution in [3.8, 4) is 0 Å². The predicted molar refractivity (Wildman–Crippen MR) is 74.3 cm³/mol. The minimum atomic E-state index is -0.322. The second kappa shape index (κ2) is 6.02. The Balaban J connectivity index is 2.16. The van der Waals surface area contributed by atoms with Crippen LogP contribution in [0.3, 0.4) is 0 Å². The zero-order valence-electron chi connectivity index (χ0n) is 11.5. The fourth-order valence-corrected chi connectivity index (χ4v) is 2.42. The Morgan fingerprint density at radius 3 is 2.89 bits per heavy atom. The van der Waals surface area contributed by atoms with Gasteiger partial charge in [-0.2, -0.15) is 0 Å². The number of amides is 1. The summed E-state index contributed by atoms with van der Waals surface area (Å²) in [6.45, 7) is 5.62. The van der Waals surface area contributed by atoms with Crippen molar-refractivity contribution < 1.29 is 4.79 Å². The van der Waals surface area contributed by atoms with E-state index >= 15 is 0 Å². The van der Waals surface area contributed by atoms with Gasteiger partial charge in [-0.3, -0.25) is 9.59 Å². The second-order valence-electron chi connectivity index (χ2n) is 5.26. The highest BCUT2D eigenvalue weighted by Gasteiger charge is 2.25. The summed E-state index contributed by atoms with van der Waals surface area (Å²) in [6, 6.07) is 3.68. The zero-order valence-corrected chi connectivity index (χ0v) is 11.5. The summed E-state index contributed by atoms with van der Waals surface area (Å²) in [5.41, 5.74) is -0.105. The molecule has 0 aromatic carbocycles. The monoisotopic (exact) mass is 263 g/mol. The molecule has 1 aromatic heterocycles. The summed E-state index contributed by atoms with van der Waals surface area (Å²) in [5, 5.41) is 3.38. The van der Waals surface area contributed by atoms with Crippen molar-refractivity contribution in [2.75, 3.05) is 13.1 Å². The topological polar surface area (TPSA) is 65.2 Å². The van der Waals surface area contributed by atoms with Crippen LogP contribution in [0.15, 0.2) is 23.1 Å². The highest BCUT2D eigenvalue weighted by atomic mass is 16.2. The van der Waals surface area contributed by atoms with Crippen molar-refractivity contribution in [3.63, 3.8) is 0 Å². The second-order valence-corrected chi connectivity index (χ2v) is 5.26. The first-order chi connectivity index (χ1) is 9.09. The number of aromatic amines is 1. The highest BCUT2D eigenvalue weighted by Crippen LogP contribution is 2.11. The van der Waals surface area contributed by atoms with E-state index in [4.69, 9.17) is 0 Å². The maximum atomic E-state index is 12.5. The zero-order chi connectivity index (χ0) is 13.8. The quantitative estimate of drug-likeness (QED) is 0.851. The molecule has 2 rings (SSSR count). The van der Waals surface area contributed by atoms with Gasteiger partial charge >= 0.3 is 0 Å². The average molecular weight is 263 g/mol. The largest absolute Gasteiger partial charge is 0.334 e. The molecule has 0 spiro atoms. The molecular weight excluding hydrogens is 242 g/mol. The summed E-state index contributed by atoms with van der Waals surface area (Å²) in [4.78, 5) is 28.5. The Bertz CT molecular complexity index is 489. The predicted octanol–water partition coefficient (Wildman–Crippen LogP) is 0.978. The van der Waals surface area contributed by atoms with E-state index in [0.29, 0.717) is 12.6 Å². The summed E-state index contributed by atoms with van der Waals surface area (Å²) in [5.74, 6) is -0.189. The van der Waals surface area contributed by atoms with Gasteiger partial charge in [-0.1, -0.05) is 0 Å². The Kier molecular flexibility index (Phi) is 4.37. The lowest BCUT2D eigenvalue weighted by Crippen LogP contribution is -2.46. The van der Waals surface area contributed by atoms with E-state index in [1.165, 1.54) is 6.20 Å². The van der Waals surface area contributed by atoms with Gasteiger partial charge in [0, 0.05) is 24.8 Å². The Labute approximate surface area is 113 Å². The van der Waals surface area contributed by atoms with Crippen LogP contribution in [0, 0.1) is 0 Å². The molecule has 2 heterocycles. The van der Waals surface area contributed by atoms with Gasteiger partial charge in [0.05, 0.1) is 0 Å². The van der Waals surface area contributed by atoms with Crippen molar-refractivity contribution in [2.24, 2.45) is 0 Å². The van der Waals surface area contributed by atoms with Crippen LogP contribution in [0.2, 0.25) is 0 Å². The van der Waals surface area contributed by atoms with Crippen LogP contribution in [-0.4, -0.2) is 41.0 Å². The molecule has 19 heavy (non-hydrogen) atoms. The number of nitrogens with one attached hydrogen (secondary N) is 2. The smallest absolute Gasteiger partial charge is 0.260 e. The van der Waals surface area contributed by atoms with Gasteiger partial charge in [0.2, 0.25) is 0 Å². The van der Waals surface area contributed by atoms with Gasteiger partial charge in [-0.05, 0) is 45.4 Å². The number of carbonyl (C=O) groups excluding carboxylic acids is 1. The molecule has 0 saturated carbocycles. The molecular formula is C14H21N3O2. The fraction of sp³-hybridized carbons (Fsp3) is 0.571. The first-order valence-corrected chi connectivity index (χ1v) is 6.81. The first-order valence-electron chi connectivity index (χ1n) is 6.81. The summed E-state index contributed by atoms with van der Waals surface area (Å²) in [7, 11) is 0. The lowest BCUT2D eigenvalue weighted by Gasteiger charge is -2.29. The van der Waals surface area contributed by atoms with Crippen molar-refractivity contribution in [2.45, 2.75) is 38.8 Å². The number of H-pyrrole nitrogens is 1. The summed E-state index contributed by atoms with van der Waals surface area (Å²) in [6.07, 6.45) is 3.77. The number of carbonyl (C=O) groups is 1. The normalized spacial score (nSPS) is 18.8. The van der Waals surface area contributed by atoms with Crippen LogP contribution >= 0.6 is 0 Å². The maximum absolute atomic E-state index is 12.5. The minimum Gasteiger partial charge on any atom is -0.334 e. The molecule has 5 nitrogen and oxygen atoms in total. The van der Waals surface area contributed by atoms with Crippen LogP contribution in [-0.2, 0) is 0 Å². The van der Waals surface area contributed by atoms with Crippen LogP contribution in [0.25, 0.3) is 0 Å². The number of nitrogens with zero attached hydrogens (tertiary/aromatic N) is 1. The molecule has 1 aliphatic heterocycles. The number of pyridine rings is 1. The summed E-state index contributed by atoms with van der Waals surface area (Å²) < 4.78 is 0. The van der Waals surface area contributed by atoms with Crippen LogP contribution in [0.4, 0.5) is 0 Å². The van der Waals surface area contributed by atoms with E-state index in [0.717, 1.165) is 19.4 Å². The maximum Gasteiger partial charge on any atom is 0.260 e. The lowest BCUT2D eigenvalue weighted by atomic mass is 10.1. The lowest BCUT2D eigenvalue weighted by molar-refractivity contribution is 0.0687. The Hall–Kier alpha value is -1.62. The van der Waals surface area contributed by atoms with Gasteiger partial charge < -0.3 is 15.2 Å². The standard InChI is InChI=1S/C14H21N3O2/c1-10(2)17(9-11-5-3-7-15-11)14(19)12-6-4-8-16-13(12)18/h4,6,8,10-11,15H,3,5,7,9H2,1-2H3,(H,16,18). The third-order valence-electron chi connectivity index (χ3n) is 3.51. The molecule has 1 fully saturated rings. The van der Waals surface area contributed by atoms with E-state index in [-0.39, 0.29) is 23.1 Å². The molecule has 0 radical (unpaired) electrons. The summed E-state index contributed by atoms with van der Waals surface area (Å²) >= 11 is 0. The van der Waals surface area contributed by atoms with Crippen LogP contribution in [0.5, 0.6) is 0 Å². The average Bonchev–Trinajstić information content (AvgIpc) is 2.88. The van der Waals surface area contributed by atoms with E-state index < -0.39 is 0 Å². The first kappa shape index (κ1) is 13.8. The van der Waals surface area contributed by atoms with E-state index in [1.54, 1.807) is 17.0 Å².